The van der Waals surface area contributed by atoms with E-state index < -0.39 is 0 Å². The molecule has 4 rings (SSSR count). The molecule has 144 valence electrons. The number of hydrogen-bond donors (Lipinski definition) is 0. The zero-order chi connectivity index (χ0) is 18.6. The molecule has 0 spiro atoms. The highest BCUT2D eigenvalue weighted by Crippen LogP contribution is 2.31. The molecule has 2 aromatic rings. The number of likely N-dealkylation sites (tertiary alicyclic amines) is 1. The van der Waals surface area contributed by atoms with Crippen molar-refractivity contribution in [3.63, 3.8) is 0 Å². The minimum absolute atomic E-state index is 0.120. The lowest BCUT2D eigenvalue weighted by Crippen LogP contribution is -2.40. The molecule has 1 atom stereocenters. The van der Waals surface area contributed by atoms with Gasteiger partial charge in [0, 0.05) is 30.1 Å². The molecule has 1 saturated carbocycles. The normalized spacial score (nSPS) is 21.4. The summed E-state index contributed by atoms with van der Waals surface area (Å²) in [6.45, 7) is 1.53. The molecule has 2 fully saturated rings. The van der Waals surface area contributed by atoms with Crippen LogP contribution < -0.4 is 0 Å². The molecule has 1 aliphatic carbocycles. The van der Waals surface area contributed by atoms with Gasteiger partial charge in [0.05, 0.1) is 5.92 Å². The first-order valence-corrected chi connectivity index (χ1v) is 10.4. The average Bonchev–Trinajstić information content (AvgIpc) is 3.19. The predicted octanol–water partition coefficient (Wildman–Crippen LogP) is 5.07. The van der Waals surface area contributed by atoms with E-state index in [0.29, 0.717) is 41.5 Å². The van der Waals surface area contributed by atoms with Crippen LogP contribution in [0.1, 0.15) is 63.2 Å². The number of hydrogen-bond acceptors (Lipinski definition) is 4. The molecule has 27 heavy (non-hydrogen) atoms. The highest BCUT2D eigenvalue weighted by Gasteiger charge is 2.30. The van der Waals surface area contributed by atoms with E-state index in [4.69, 9.17) is 16.1 Å². The van der Waals surface area contributed by atoms with Gasteiger partial charge in [-0.1, -0.05) is 48.2 Å². The van der Waals surface area contributed by atoms with Crippen LogP contribution >= 0.6 is 11.6 Å². The van der Waals surface area contributed by atoms with Gasteiger partial charge in [0.25, 0.3) is 0 Å². The number of amides is 1. The molecule has 0 N–H and O–H groups in total. The Labute approximate surface area is 165 Å². The lowest BCUT2D eigenvalue weighted by Gasteiger charge is -2.32. The molecule has 1 amide bonds. The molecule has 1 aromatic heterocycles. The van der Waals surface area contributed by atoms with Crippen molar-refractivity contribution in [2.24, 2.45) is 5.92 Å². The zero-order valence-electron chi connectivity index (χ0n) is 15.6. The van der Waals surface area contributed by atoms with Crippen LogP contribution in [0.4, 0.5) is 0 Å². The maximum atomic E-state index is 12.8. The number of rotatable bonds is 4. The number of benzene rings is 1. The Kier molecular flexibility index (Phi) is 5.77. The second-order valence-corrected chi connectivity index (χ2v) is 8.29. The van der Waals surface area contributed by atoms with Crippen LogP contribution in [-0.4, -0.2) is 34.0 Å². The van der Waals surface area contributed by atoms with Crippen molar-refractivity contribution in [2.75, 3.05) is 13.1 Å². The van der Waals surface area contributed by atoms with Crippen molar-refractivity contribution >= 4 is 17.5 Å². The fraction of sp³-hybridized carbons (Fsp3) is 0.571. The molecular weight excluding hydrogens is 362 g/mol. The molecule has 5 nitrogen and oxygen atoms in total. The minimum atomic E-state index is 0.120. The van der Waals surface area contributed by atoms with Crippen LogP contribution in [-0.2, 0) is 4.79 Å². The van der Waals surface area contributed by atoms with Gasteiger partial charge in [-0.3, -0.25) is 4.79 Å². The topological polar surface area (TPSA) is 59.2 Å². The first-order chi connectivity index (χ1) is 13.2. The van der Waals surface area contributed by atoms with Gasteiger partial charge in [0.2, 0.25) is 17.6 Å². The van der Waals surface area contributed by atoms with Crippen molar-refractivity contribution in [1.82, 2.24) is 15.0 Å². The van der Waals surface area contributed by atoms with E-state index >= 15 is 0 Å². The summed E-state index contributed by atoms with van der Waals surface area (Å²) in [4.78, 5) is 19.3. The predicted molar refractivity (Wildman–Crippen MR) is 104 cm³/mol. The van der Waals surface area contributed by atoms with Crippen molar-refractivity contribution in [1.29, 1.82) is 0 Å². The zero-order valence-corrected chi connectivity index (χ0v) is 16.3. The van der Waals surface area contributed by atoms with Crippen LogP contribution in [0.5, 0.6) is 0 Å². The monoisotopic (exact) mass is 387 g/mol. The Balaban J connectivity index is 1.40. The van der Waals surface area contributed by atoms with Gasteiger partial charge in [-0.05, 0) is 43.7 Å². The van der Waals surface area contributed by atoms with E-state index in [1.165, 1.54) is 32.1 Å². The Hall–Kier alpha value is -1.88. The van der Waals surface area contributed by atoms with Gasteiger partial charge in [0.15, 0.2) is 0 Å². The van der Waals surface area contributed by atoms with Crippen molar-refractivity contribution < 1.29 is 9.32 Å². The molecule has 1 aliphatic heterocycles. The van der Waals surface area contributed by atoms with Gasteiger partial charge in [-0.25, -0.2) is 0 Å². The molecule has 6 heteroatoms. The lowest BCUT2D eigenvalue weighted by atomic mass is 9.86. The lowest BCUT2D eigenvalue weighted by molar-refractivity contribution is -0.133. The molecular formula is C21H26ClN3O2. The smallest absolute Gasteiger partial charge is 0.231 e. The van der Waals surface area contributed by atoms with Crippen LogP contribution in [0, 0.1) is 5.92 Å². The Bertz CT molecular complexity index is 785. The number of nitrogens with zero attached hydrogens (tertiary/aromatic N) is 3. The number of carbonyl (C=O) groups excluding carboxylic acids is 1. The minimum Gasteiger partial charge on any atom is -0.342 e. The highest BCUT2D eigenvalue weighted by atomic mass is 35.5. The highest BCUT2D eigenvalue weighted by molar-refractivity contribution is 6.30. The van der Waals surface area contributed by atoms with Crippen LogP contribution in [0.15, 0.2) is 28.8 Å². The molecule has 1 aromatic carbocycles. The Morgan fingerprint density at radius 2 is 2.04 bits per heavy atom. The number of piperidine rings is 1. The van der Waals surface area contributed by atoms with Gasteiger partial charge >= 0.3 is 0 Å². The summed E-state index contributed by atoms with van der Waals surface area (Å²) >= 11 is 6.05. The summed E-state index contributed by atoms with van der Waals surface area (Å²) in [7, 11) is 0. The first-order valence-electron chi connectivity index (χ1n) is 10.1. The summed E-state index contributed by atoms with van der Waals surface area (Å²) in [6.07, 6.45) is 8.93. The quantitative estimate of drug-likeness (QED) is 0.735. The third-order valence-electron chi connectivity index (χ3n) is 5.84. The van der Waals surface area contributed by atoms with Crippen molar-refractivity contribution in [3.05, 3.63) is 35.2 Å². The summed E-state index contributed by atoms with van der Waals surface area (Å²) in [5.41, 5.74) is 0.846. The number of halogens is 1. The second-order valence-electron chi connectivity index (χ2n) is 7.85. The van der Waals surface area contributed by atoms with E-state index in [0.717, 1.165) is 24.9 Å². The first kappa shape index (κ1) is 18.5. The summed E-state index contributed by atoms with van der Waals surface area (Å²) in [6, 6.07) is 7.45. The number of aromatic nitrogens is 2. The SMILES string of the molecule is O=C(CC1CCCCC1)N1CCCC(c2nc(-c3cccc(Cl)c3)no2)C1. The molecule has 0 radical (unpaired) electrons. The molecule has 0 bridgehead atoms. The van der Waals surface area contributed by atoms with Gasteiger partial charge in [-0.2, -0.15) is 4.98 Å². The van der Waals surface area contributed by atoms with Gasteiger partial charge in [0.1, 0.15) is 0 Å². The molecule has 2 heterocycles. The van der Waals surface area contributed by atoms with Gasteiger partial charge < -0.3 is 9.42 Å². The van der Waals surface area contributed by atoms with E-state index in [1.54, 1.807) is 0 Å². The Morgan fingerprint density at radius 3 is 2.85 bits per heavy atom. The maximum absolute atomic E-state index is 12.8. The van der Waals surface area contributed by atoms with Crippen LogP contribution in [0.2, 0.25) is 5.02 Å². The maximum Gasteiger partial charge on any atom is 0.231 e. The van der Waals surface area contributed by atoms with E-state index in [1.807, 2.05) is 29.2 Å². The number of carbonyl (C=O) groups is 1. The molecule has 1 unspecified atom stereocenters. The second kappa shape index (κ2) is 8.42. The van der Waals surface area contributed by atoms with Gasteiger partial charge in [-0.15, -0.1) is 0 Å². The van der Waals surface area contributed by atoms with Crippen molar-refractivity contribution in [2.45, 2.75) is 57.3 Å². The standard InChI is InChI=1S/C21H26ClN3O2/c22-18-10-4-8-16(13-18)20-23-21(27-24-20)17-9-5-11-25(14-17)19(26)12-15-6-2-1-3-7-15/h4,8,10,13,15,17H,1-3,5-7,9,11-12,14H2. The average molecular weight is 388 g/mol. The summed E-state index contributed by atoms with van der Waals surface area (Å²) < 4.78 is 5.53. The van der Waals surface area contributed by atoms with E-state index in [2.05, 4.69) is 10.1 Å². The van der Waals surface area contributed by atoms with Crippen LogP contribution in [0.3, 0.4) is 0 Å². The van der Waals surface area contributed by atoms with E-state index in [-0.39, 0.29) is 5.92 Å². The summed E-state index contributed by atoms with van der Waals surface area (Å²) in [5, 5.41) is 4.77. The van der Waals surface area contributed by atoms with Crippen molar-refractivity contribution in [3.8, 4) is 11.4 Å². The Morgan fingerprint density at radius 1 is 1.19 bits per heavy atom. The van der Waals surface area contributed by atoms with E-state index in [9.17, 15) is 4.79 Å². The fourth-order valence-electron chi connectivity index (χ4n) is 4.32. The third kappa shape index (κ3) is 4.52. The van der Waals surface area contributed by atoms with Crippen LogP contribution in [0.25, 0.3) is 11.4 Å². The largest absolute Gasteiger partial charge is 0.342 e. The molecule has 1 saturated heterocycles. The third-order valence-corrected chi connectivity index (χ3v) is 6.07. The summed E-state index contributed by atoms with van der Waals surface area (Å²) in [5.74, 6) is 2.17. The molecule has 2 aliphatic rings. The fourth-order valence-corrected chi connectivity index (χ4v) is 4.51.